The highest BCUT2D eigenvalue weighted by Gasteiger charge is 2.27. The molecular formula is C12H13N5O2S. The molecule has 104 valence electrons. The van der Waals surface area contributed by atoms with Gasteiger partial charge in [-0.2, -0.15) is 11.8 Å². The van der Waals surface area contributed by atoms with Crippen molar-refractivity contribution in [2.24, 2.45) is 0 Å². The normalized spacial score (nSPS) is 19.0. The predicted octanol–water partition coefficient (Wildman–Crippen LogP) is -0.665. The van der Waals surface area contributed by atoms with Crippen LogP contribution in [-0.2, 0) is 0 Å². The Hall–Kier alpha value is -2.09. The van der Waals surface area contributed by atoms with Gasteiger partial charge in [0, 0.05) is 31.0 Å². The van der Waals surface area contributed by atoms with E-state index < -0.39 is 0 Å². The summed E-state index contributed by atoms with van der Waals surface area (Å²) in [4.78, 5) is 17.9. The van der Waals surface area contributed by atoms with Crippen LogP contribution in [0.15, 0.2) is 35.2 Å². The molecule has 0 aromatic carbocycles. The van der Waals surface area contributed by atoms with Crippen LogP contribution < -0.4 is 20.6 Å². The van der Waals surface area contributed by atoms with Crippen molar-refractivity contribution in [3.05, 3.63) is 41.8 Å². The summed E-state index contributed by atoms with van der Waals surface area (Å²) < 4.78 is 4.73. The molecule has 2 aromatic rings. The molecule has 0 amide bonds. The summed E-state index contributed by atoms with van der Waals surface area (Å²) in [6.45, 7) is 1.30. The Balaban J connectivity index is 1.75. The molecular weight excluding hydrogens is 278 g/mol. The van der Waals surface area contributed by atoms with Gasteiger partial charge in [0.05, 0.1) is 5.25 Å². The third-order valence-electron chi connectivity index (χ3n) is 3.03. The molecule has 0 spiro atoms. The van der Waals surface area contributed by atoms with Crippen LogP contribution >= 0.6 is 11.8 Å². The van der Waals surface area contributed by atoms with E-state index in [0.29, 0.717) is 12.1 Å². The quantitative estimate of drug-likeness (QED) is 0.596. The number of hydrogen-bond acceptors (Lipinski definition) is 6. The lowest BCUT2D eigenvalue weighted by Crippen LogP contribution is -2.65. The number of pyridine rings is 1. The molecule has 1 unspecified atom stereocenters. The molecule has 3 rings (SSSR count). The van der Waals surface area contributed by atoms with Crippen molar-refractivity contribution in [3.8, 4) is 0 Å². The van der Waals surface area contributed by atoms with E-state index in [1.165, 1.54) is 11.0 Å². The van der Waals surface area contributed by atoms with Crippen LogP contribution in [-0.4, -0.2) is 34.9 Å². The molecule has 1 saturated heterocycles. The van der Waals surface area contributed by atoms with Gasteiger partial charge in [-0.15, -0.1) is 0 Å². The van der Waals surface area contributed by atoms with Gasteiger partial charge in [-0.25, -0.2) is 0 Å². The predicted molar refractivity (Wildman–Crippen MR) is 70.8 cm³/mol. The molecule has 8 heteroatoms. The first-order chi connectivity index (χ1) is 9.74. The van der Waals surface area contributed by atoms with Gasteiger partial charge in [-0.1, -0.05) is 4.79 Å². The fourth-order valence-electron chi connectivity index (χ4n) is 2.05. The minimum Gasteiger partial charge on any atom is -0.380 e. The van der Waals surface area contributed by atoms with Gasteiger partial charge in [0.15, 0.2) is 5.78 Å². The van der Waals surface area contributed by atoms with E-state index >= 15 is 0 Å². The Labute approximate surface area is 119 Å². The fourth-order valence-corrected chi connectivity index (χ4v) is 3.21. The summed E-state index contributed by atoms with van der Waals surface area (Å²) in [6.07, 6.45) is 4.73. The smallest absolute Gasteiger partial charge is 0.286 e. The number of nitrogens with zero attached hydrogens (tertiary/aromatic N) is 4. The van der Waals surface area contributed by atoms with Crippen molar-refractivity contribution in [2.45, 2.75) is 5.25 Å². The van der Waals surface area contributed by atoms with E-state index in [1.807, 2.05) is 5.01 Å². The summed E-state index contributed by atoms with van der Waals surface area (Å²) >= 11 is 1.63. The van der Waals surface area contributed by atoms with Crippen LogP contribution in [0.2, 0.25) is 0 Å². The summed E-state index contributed by atoms with van der Waals surface area (Å²) in [7, 11) is 0. The first-order valence-corrected chi connectivity index (χ1v) is 7.20. The fraction of sp³-hybridized carbons (Fsp3) is 0.333. The molecule has 7 nitrogen and oxygen atoms in total. The summed E-state index contributed by atoms with van der Waals surface area (Å²) in [5.41, 5.74) is 0.622. The molecule has 0 saturated carbocycles. The Kier molecular flexibility index (Phi) is 3.55. The van der Waals surface area contributed by atoms with Crippen LogP contribution in [0.4, 0.5) is 0 Å². The number of thioether (sulfide) groups is 1. The summed E-state index contributed by atoms with van der Waals surface area (Å²) in [5.74, 6) is 0.895. The lowest BCUT2D eigenvalue weighted by molar-refractivity contribution is -0.763. The molecule has 1 atom stereocenters. The number of rotatable bonds is 3. The highest BCUT2D eigenvalue weighted by Crippen LogP contribution is 2.20. The average Bonchev–Trinajstić information content (AvgIpc) is 2.94. The van der Waals surface area contributed by atoms with Crippen molar-refractivity contribution in [3.63, 3.8) is 0 Å². The lowest BCUT2D eigenvalue weighted by Gasteiger charge is -2.31. The second kappa shape index (κ2) is 5.49. The number of ketones is 1. The number of carbonyl (C=O) groups excluding carboxylic acids is 1. The third-order valence-corrected chi connectivity index (χ3v) is 4.21. The molecule has 0 bridgehead atoms. The molecule has 1 aliphatic rings. The van der Waals surface area contributed by atoms with Crippen LogP contribution in [0.5, 0.6) is 0 Å². The second-order valence-electron chi connectivity index (χ2n) is 4.36. The molecule has 3 heterocycles. The van der Waals surface area contributed by atoms with Gasteiger partial charge in [-0.05, 0) is 23.2 Å². The van der Waals surface area contributed by atoms with Crippen molar-refractivity contribution < 1.29 is 14.1 Å². The number of aromatic nitrogens is 3. The van der Waals surface area contributed by atoms with Crippen molar-refractivity contribution in [2.75, 3.05) is 23.9 Å². The van der Waals surface area contributed by atoms with Gasteiger partial charge in [0.2, 0.25) is 0 Å². The Morgan fingerprint density at radius 3 is 3.25 bits per heavy atom. The minimum absolute atomic E-state index is 0.00152. The topological polar surface area (TPSA) is 88.2 Å². The first kappa shape index (κ1) is 12.9. The van der Waals surface area contributed by atoms with Crippen molar-refractivity contribution in [1.29, 1.82) is 5.41 Å². The molecule has 1 N–H and O–H groups in total. The number of Topliss-reactive ketones (excluding diaryl/α,β-unsaturated/α-hetero) is 1. The van der Waals surface area contributed by atoms with E-state index in [-0.39, 0.29) is 16.6 Å². The monoisotopic (exact) mass is 291 g/mol. The van der Waals surface area contributed by atoms with Gasteiger partial charge in [0.25, 0.3) is 11.8 Å². The molecule has 1 aliphatic heterocycles. The maximum Gasteiger partial charge on any atom is 0.286 e. The molecule has 1 fully saturated rings. The van der Waals surface area contributed by atoms with Crippen LogP contribution in [0, 0.1) is 5.41 Å². The van der Waals surface area contributed by atoms with E-state index in [0.717, 1.165) is 12.3 Å². The number of nitrogens with one attached hydrogen (secondary N) is 1. The largest absolute Gasteiger partial charge is 0.380 e. The highest BCUT2D eigenvalue weighted by molar-refractivity contribution is 8.00. The van der Waals surface area contributed by atoms with E-state index in [2.05, 4.69) is 10.3 Å². The van der Waals surface area contributed by atoms with Gasteiger partial charge in [0.1, 0.15) is 0 Å². The Morgan fingerprint density at radius 2 is 2.55 bits per heavy atom. The number of hydrogen-bond donors (Lipinski definition) is 1. The molecule has 0 aliphatic carbocycles. The highest BCUT2D eigenvalue weighted by atomic mass is 32.2. The molecule has 2 aromatic heterocycles. The zero-order valence-electron chi connectivity index (χ0n) is 10.6. The maximum atomic E-state index is 12.4. The minimum atomic E-state index is -0.161. The SMILES string of the molecule is N=c1c[n+](N2CCSC(C(=O)c3cccnc3)C2)[n-]o1. The van der Waals surface area contributed by atoms with Gasteiger partial charge >= 0.3 is 0 Å². The third kappa shape index (κ3) is 2.60. The number of carbonyl (C=O) groups is 1. The summed E-state index contributed by atoms with van der Waals surface area (Å²) in [5, 5.41) is 12.8. The van der Waals surface area contributed by atoms with Crippen LogP contribution in [0.25, 0.3) is 0 Å². The summed E-state index contributed by atoms with van der Waals surface area (Å²) in [6, 6.07) is 3.54. The van der Waals surface area contributed by atoms with Gasteiger partial charge < -0.3 is 4.52 Å². The Bertz CT molecular complexity index is 653. The van der Waals surface area contributed by atoms with E-state index in [1.54, 1.807) is 36.3 Å². The van der Waals surface area contributed by atoms with Gasteiger partial charge in [-0.3, -0.25) is 20.2 Å². The average molecular weight is 291 g/mol. The van der Waals surface area contributed by atoms with Crippen molar-refractivity contribution >= 4 is 17.5 Å². The van der Waals surface area contributed by atoms with Crippen LogP contribution in [0.1, 0.15) is 10.4 Å². The molecule has 0 radical (unpaired) electrons. The molecule has 20 heavy (non-hydrogen) atoms. The first-order valence-electron chi connectivity index (χ1n) is 6.15. The van der Waals surface area contributed by atoms with Crippen molar-refractivity contribution in [1.82, 2.24) is 10.3 Å². The van der Waals surface area contributed by atoms with Crippen LogP contribution in [0.3, 0.4) is 0 Å². The second-order valence-corrected chi connectivity index (χ2v) is 5.68. The zero-order valence-corrected chi connectivity index (χ0v) is 11.4. The lowest BCUT2D eigenvalue weighted by atomic mass is 10.1. The van der Waals surface area contributed by atoms with E-state index in [9.17, 15) is 4.79 Å². The van der Waals surface area contributed by atoms with E-state index in [4.69, 9.17) is 9.93 Å². The zero-order chi connectivity index (χ0) is 13.9. The standard InChI is InChI=1S/C12H13N5O2S/c13-11-8-17(15-19-11)16-4-5-20-10(7-16)12(18)9-2-1-3-14-6-9/h1-3,6,8,10,13H,4-5,7H2. The Morgan fingerprint density at radius 1 is 1.65 bits per heavy atom. The maximum absolute atomic E-state index is 12.4.